The van der Waals surface area contributed by atoms with Gasteiger partial charge in [0, 0.05) is 12.6 Å². The van der Waals surface area contributed by atoms with Crippen molar-refractivity contribution in [1.29, 1.82) is 0 Å². The SMILES string of the molecule is C=CC[C@@H]1CCN(C(=O)OC(C)(C)C)[C@H]2C[C@H](C(C)(C)C)[C@@H]12. The molecule has 2 aliphatic rings. The minimum atomic E-state index is -0.419. The summed E-state index contributed by atoms with van der Waals surface area (Å²) in [6, 6.07) is 0.359. The molecular weight excluding hydrogens is 274 g/mol. The number of ether oxygens (including phenoxy) is 1. The fraction of sp³-hybridized carbons (Fsp3) is 0.842. The molecule has 0 spiro atoms. The molecule has 4 atom stereocenters. The summed E-state index contributed by atoms with van der Waals surface area (Å²) in [5.41, 5.74) is -0.116. The van der Waals surface area contributed by atoms with Crippen LogP contribution < -0.4 is 0 Å². The predicted octanol–water partition coefficient (Wildman–Crippen LogP) is 4.87. The van der Waals surface area contributed by atoms with E-state index >= 15 is 0 Å². The highest BCUT2D eigenvalue weighted by molar-refractivity contribution is 5.69. The van der Waals surface area contributed by atoms with Crippen LogP contribution in [0, 0.1) is 23.2 Å². The van der Waals surface area contributed by atoms with Crippen LogP contribution in [-0.2, 0) is 4.74 Å². The first-order valence-corrected chi connectivity index (χ1v) is 8.65. The Bertz CT molecular complexity index is 430. The minimum absolute atomic E-state index is 0.132. The maximum absolute atomic E-state index is 12.5. The smallest absolute Gasteiger partial charge is 0.410 e. The number of piperidine rings is 1. The molecule has 0 unspecified atom stereocenters. The van der Waals surface area contributed by atoms with Gasteiger partial charge < -0.3 is 9.64 Å². The van der Waals surface area contributed by atoms with E-state index in [9.17, 15) is 4.79 Å². The van der Waals surface area contributed by atoms with Crippen LogP contribution in [0.3, 0.4) is 0 Å². The van der Waals surface area contributed by atoms with E-state index in [-0.39, 0.29) is 6.09 Å². The Morgan fingerprint density at radius 3 is 2.41 bits per heavy atom. The van der Waals surface area contributed by atoms with Crippen molar-refractivity contribution >= 4 is 6.09 Å². The van der Waals surface area contributed by atoms with Gasteiger partial charge in [0.1, 0.15) is 5.60 Å². The number of hydrogen-bond donors (Lipinski definition) is 0. The Hall–Kier alpha value is -0.990. The molecule has 1 amide bonds. The van der Waals surface area contributed by atoms with Gasteiger partial charge in [-0.05, 0) is 63.2 Å². The van der Waals surface area contributed by atoms with Crippen LogP contribution in [-0.4, -0.2) is 29.2 Å². The Kier molecular flexibility index (Phi) is 4.66. The molecule has 1 heterocycles. The number of allylic oxidation sites excluding steroid dienone is 1. The van der Waals surface area contributed by atoms with Crippen molar-refractivity contribution in [1.82, 2.24) is 4.90 Å². The lowest BCUT2D eigenvalue weighted by Gasteiger charge is -2.60. The summed E-state index contributed by atoms with van der Waals surface area (Å²) in [6.07, 6.45) is 5.16. The summed E-state index contributed by atoms with van der Waals surface area (Å²) in [7, 11) is 0. The first-order chi connectivity index (χ1) is 10.0. The highest BCUT2D eigenvalue weighted by atomic mass is 16.6. The molecule has 1 saturated heterocycles. The van der Waals surface area contributed by atoms with Crippen LogP contribution in [0.15, 0.2) is 12.7 Å². The quantitative estimate of drug-likeness (QED) is 0.681. The van der Waals surface area contributed by atoms with Crippen LogP contribution in [0.1, 0.15) is 60.8 Å². The van der Waals surface area contributed by atoms with Crippen molar-refractivity contribution in [2.45, 2.75) is 72.4 Å². The topological polar surface area (TPSA) is 29.5 Å². The summed E-state index contributed by atoms with van der Waals surface area (Å²) in [6.45, 7) is 17.5. The maximum Gasteiger partial charge on any atom is 0.410 e. The molecule has 3 nitrogen and oxygen atoms in total. The van der Waals surface area contributed by atoms with E-state index in [0.717, 1.165) is 25.8 Å². The molecule has 0 N–H and O–H groups in total. The van der Waals surface area contributed by atoms with Crippen LogP contribution >= 0.6 is 0 Å². The second-order valence-corrected chi connectivity index (χ2v) is 9.10. The van der Waals surface area contributed by atoms with Crippen LogP contribution in [0.25, 0.3) is 0 Å². The molecule has 0 radical (unpaired) electrons. The molecule has 1 aliphatic carbocycles. The summed E-state index contributed by atoms with van der Waals surface area (Å²) in [4.78, 5) is 14.5. The molecule has 0 aromatic carbocycles. The zero-order chi connectivity index (χ0) is 16.7. The van der Waals surface area contributed by atoms with Crippen LogP contribution in [0.2, 0.25) is 0 Å². The van der Waals surface area contributed by atoms with Gasteiger partial charge in [-0.1, -0.05) is 26.8 Å². The summed E-state index contributed by atoms with van der Waals surface area (Å²) >= 11 is 0. The Morgan fingerprint density at radius 2 is 1.91 bits per heavy atom. The number of fused-ring (bicyclic) bond motifs is 1. The summed E-state index contributed by atoms with van der Waals surface area (Å²) in [5.74, 6) is 1.95. The van der Waals surface area contributed by atoms with E-state index < -0.39 is 5.60 Å². The van der Waals surface area contributed by atoms with Gasteiger partial charge in [0.05, 0.1) is 0 Å². The van der Waals surface area contributed by atoms with Gasteiger partial charge in [0.25, 0.3) is 0 Å². The van der Waals surface area contributed by atoms with Crippen molar-refractivity contribution in [3.05, 3.63) is 12.7 Å². The summed E-state index contributed by atoms with van der Waals surface area (Å²) in [5, 5.41) is 0. The van der Waals surface area contributed by atoms with E-state index in [2.05, 4.69) is 27.4 Å². The molecule has 22 heavy (non-hydrogen) atoms. The average molecular weight is 307 g/mol. The van der Waals surface area contributed by atoms with E-state index in [1.165, 1.54) is 0 Å². The molecule has 1 saturated carbocycles. The number of amides is 1. The molecule has 2 fully saturated rings. The second-order valence-electron chi connectivity index (χ2n) is 9.10. The molecule has 0 bridgehead atoms. The lowest BCUT2D eigenvalue weighted by atomic mass is 9.52. The minimum Gasteiger partial charge on any atom is -0.444 e. The first kappa shape index (κ1) is 17.4. The van der Waals surface area contributed by atoms with Crippen LogP contribution in [0.4, 0.5) is 4.79 Å². The fourth-order valence-electron chi connectivity index (χ4n) is 4.25. The van der Waals surface area contributed by atoms with Gasteiger partial charge in [-0.15, -0.1) is 6.58 Å². The van der Waals surface area contributed by atoms with Crippen molar-refractivity contribution < 1.29 is 9.53 Å². The third-order valence-corrected chi connectivity index (χ3v) is 5.30. The third-order valence-electron chi connectivity index (χ3n) is 5.30. The maximum atomic E-state index is 12.5. The Morgan fingerprint density at radius 1 is 1.27 bits per heavy atom. The van der Waals surface area contributed by atoms with Gasteiger partial charge in [-0.2, -0.15) is 0 Å². The lowest BCUT2D eigenvalue weighted by molar-refractivity contribution is -0.107. The average Bonchev–Trinajstić information content (AvgIpc) is 2.26. The number of rotatable bonds is 2. The molecular formula is C19H33NO2. The van der Waals surface area contributed by atoms with Crippen molar-refractivity contribution in [2.24, 2.45) is 23.2 Å². The second kappa shape index (κ2) is 5.90. The molecule has 2 rings (SSSR count). The number of carbonyl (C=O) groups is 1. The van der Waals surface area contributed by atoms with E-state index in [1.54, 1.807) is 0 Å². The van der Waals surface area contributed by atoms with Gasteiger partial charge in [0.15, 0.2) is 0 Å². The van der Waals surface area contributed by atoms with Crippen molar-refractivity contribution in [2.75, 3.05) is 6.54 Å². The molecule has 0 aromatic heterocycles. The van der Waals surface area contributed by atoms with Gasteiger partial charge in [0.2, 0.25) is 0 Å². The molecule has 126 valence electrons. The Balaban J connectivity index is 2.13. The number of nitrogens with zero attached hydrogens (tertiary/aromatic N) is 1. The molecule has 3 heteroatoms. The number of carbonyl (C=O) groups excluding carboxylic acids is 1. The third kappa shape index (κ3) is 3.49. The molecule has 1 aliphatic heterocycles. The van der Waals surface area contributed by atoms with Crippen molar-refractivity contribution in [3.8, 4) is 0 Å². The zero-order valence-electron chi connectivity index (χ0n) is 15.2. The van der Waals surface area contributed by atoms with Crippen LogP contribution in [0.5, 0.6) is 0 Å². The largest absolute Gasteiger partial charge is 0.444 e. The van der Waals surface area contributed by atoms with Gasteiger partial charge in [-0.25, -0.2) is 4.79 Å². The molecule has 0 aromatic rings. The zero-order valence-corrected chi connectivity index (χ0v) is 15.2. The highest BCUT2D eigenvalue weighted by Crippen LogP contribution is 2.55. The summed E-state index contributed by atoms with van der Waals surface area (Å²) < 4.78 is 5.61. The van der Waals surface area contributed by atoms with Gasteiger partial charge >= 0.3 is 6.09 Å². The monoisotopic (exact) mass is 307 g/mol. The number of hydrogen-bond acceptors (Lipinski definition) is 2. The standard InChI is InChI=1S/C19H33NO2/c1-8-9-13-10-11-20(17(21)22-19(5,6)7)15-12-14(16(13)15)18(2,3)4/h8,13-16H,1,9-12H2,2-7H3/t13-,14+,15+,16-/m1/s1. The Labute approximate surface area is 136 Å². The fourth-order valence-corrected chi connectivity index (χ4v) is 4.25. The van der Waals surface area contributed by atoms with Gasteiger partial charge in [-0.3, -0.25) is 0 Å². The predicted molar refractivity (Wildman–Crippen MR) is 90.7 cm³/mol. The van der Waals surface area contributed by atoms with E-state index in [0.29, 0.717) is 29.2 Å². The normalized spacial score (nSPS) is 32.0. The first-order valence-electron chi connectivity index (χ1n) is 8.65. The van der Waals surface area contributed by atoms with E-state index in [4.69, 9.17) is 4.74 Å². The highest BCUT2D eigenvalue weighted by Gasteiger charge is 2.55. The van der Waals surface area contributed by atoms with Crippen molar-refractivity contribution in [3.63, 3.8) is 0 Å². The van der Waals surface area contributed by atoms with E-state index in [1.807, 2.05) is 31.7 Å². The lowest BCUT2D eigenvalue weighted by Crippen LogP contribution is -2.63. The number of likely N-dealkylation sites (tertiary alicyclic amines) is 1.